The largest absolute Gasteiger partial charge is 0.378 e. The van der Waals surface area contributed by atoms with E-state index in [1.165, 1.54) is 52.1 Å². The lowest BCUT2D eigenvalue weighted by molar-refractivity contribution is 0.101. The molecule has 190 valence electrons. The van der Waals surface area contributed by atoms with Crippen LogP contribution in [-0.2, 0) is 26.6 Å². The maximum Gasteiger partial charge on any atom is 0.243 e. The van der Waals surface area contributed by atoms with Crippen LogP contribution in [-0.4, -0.2) is 57.9 Å². The first-order chi connectivity index (χ1) is 17.2. The number of sulfonamides is 2. The van der Waals surface area contributed by atoms with E-state index in [2.05, 4.69) is 5.32 Å². The summed E-state index contributed by atoms with van der Waals surface area (Å²) in [5, 5.41) is 3.00. The van der Waals surface area contributed by atoms with Gasteiger partial charge in [-0.3, -0.25) is 4.79 Å². The van der Waals surface area contributed by atoms with Gasteiger partial charge < -0.3 is 5.32 Å². The van der Waals surface area contributed by atoms with Crippen molar-refractivity contribution in [3.05, 3.63) is 90.0 Å². The van der Waals surface area contributed by atoms with Gasteiger partial charge in [-0.1, -0.05) is 30.3 Å². The lowest BCUT2D eigenvalue weighted by atomic mass is 10.1. The second kappa shape index (κ2) is 10.9. The summed E-state index contributed by atoms with van der Waals surface area (Å²) in [5.74, 6) is -0.209. The van der Waals surface area contributed by atoms with Gasteiger partial charge in [-0.15, -0.1) is 0 Å². The molecule has 0 amide bonds. The van der Waals surface area contributed by atoms with Crippen LogP contribution in [0.5, 0.6) is 0 Å². The number of nitrogens with one attached hydrogen (secondary N) is 1. The predicted octanol–water partition coefficient (Wildman–Crippen LogP) is 3.59. The normalized spacial score (nSPS) is 14.7. The minimum atomic E-state index is -3.66. The summed E-state index contributed by atoms with van der Waals surface area (Å²) in [5.41, 5.74) is 1.88. The zero-order valence-electron chi connectivity index (χ0n) is 20.0. The molecule has 8 nitrogen and oxygen atoms in total. The maximum absolute atomic E-state index is 12.9. The van der Waals surface area contributed by atoms with Gasteiger partial charge in [0.05, 0.1) is 16.3 Å². The van der Waals surface area contributed by atoms with E-state index in [0.29, 0.717) is 24.3 Å². The van der Waals surface area contributed by atoms with Crippen molar-refractivity contribution in [1.29, 1.82) is 0 Å². The van der Waals surface area contributed by atoms with E-state index in [9.17, 15) is 21.6 Å². The van der Waals surface area contributed by atoms with Crippen LogP contribution in [0, 0.1) is 0 Å². The van der Waals surface area contributed by atoms with Crippen LogP contribution in [0.15, 0.2) is 88.7 Å². The molecule has 0 aromatic heterocycles. The molecule has 0 spiro atoms. The number of ketones is 1. The Bertz CT molecular complexity index is 1400. The Labute approximate surface area is 212 Å². The van der Waals surface area contributed by atoms with Crippen LogP contribution >= 0.6 is 0 Å². The highest BCUT2D eigenvalue weighted by molar-refractivity contribution is 7.89. The molecule has 0 bridgehead atoms. The number of carbonyl (C=O) groups excluding carboxylic acids is 1. The molecule has 1 fully saturated rings. The third-order valence-electron chi connectivity index (χ3n) is 6.14. The number of carbonyl (C=O) groups is 1. The summed E-state index contributed by atoms with van der Waals surface area (Å²) < 4.78 is 53.8. The molecular weight excluding hydrogens is 498 g/mol. The van der Waals surface area contributed by atoms with E-state index in [-0.39, 0.29) is 28.7 Å². The Hall–Kier alpha value is -3.05. The van der Waals surface area contributed by atoms with Crippen LogP contribution in [0.4, 0.5) is 5.69 Å². The fraction of sp³-hybridized carbons (Fsp3) is 0.269. The summed E-state index contributed by atoms with van der Waals surface area (Å²) in [7, 11) is -5.65. The minimum Gasteiger partial charge on any atom is -0.378 e. The van der Waals surface area contributed by atoms with Gasteiger partial charge in [0, 0.05) is 37.9 Å². The topological polar surface area (TPSA) is 104 Å². The summed E-state index contributed by atoms with van der Waals surface area (Å²) in [6.07, 6.45) is 1.72. The smallest absolute Gasteiger partial charge is 0.243 e. The first-order valence-corrected chi connectivity index (χ1v) is 14.5. The second-order valence-electron chi connectivity index (χ2n) is 8.68. The van der Waals surface area contributed by atoms with Crippen LogP contribution in [0.2, 0.25) is 0 Å². The van der Waals surface area contributed by atoms with Gasteiger partial charge in [0.1, 0.15) is 0 Å². The average Bonchev–Trinajstić information content (AvgIpc) is 3.44. The van der Waals surface area contributed by atoms with Crippen LogP contribution in [0.3, 0.4) is 0 Å². The van der Waals surface area contributed by atoms with Gasteiger partial charge in [-0.2, -0.15) is 8.61 Å². The highest BCUT2D eigenvalue weighted by atomic mass is 32.2. The Morgan fingerprint density at radius 2 is 1.42 bits per heavy atom. The summed E-state index contributed by atoms with van der Waals surface area (Å²) >= 11 is 0. The van der Waals surface area contributed by atoms with Gasteiger partial charge >= 0.3 is 0 Å². The maximum atomic E-state index is 12.9. The summed E-state index contributed by atoms with van der Waals surface area (Å²) in [4.78, 5) is 12.9. The molecular formula is C26H29N3O5S2. The number of benzene rings is 3. The quantitative estimate of drug-likeness (QED) is 0.404. The molecule has 1 saturated heterocycles. The summed E-state index contributed by atoms with van der Waals surface area (Å²) in [6.45, 7) is 1.29. The molecule has 10 heteroatoms. The van der Waals surface area contributed by atoms with E-state index < -0.39 is 20.0 Å². The van der Waals surface area contributed by atoms with E-state index in [1.807, 2.05) is 30.3 Å². The standard InChI is InChI=1S/C26H29N3O5S2/c1-28(20-21-7-3-2-4-8-21)35(31,32)24-15-11-23(12-16-24)27-19-26(30)22-9-13-25(14-10-22)36(33,34)29-17-5-6-18-29/h2-4,7-16,27H,5-6,17-20H2,1H3. The second-order valence-corrected chi connectivity index (χ2v) is 12.7. The van der Waals surface area contributed by atoms with E-state index >= 15 is 0 Å². The molecule has 0 radical (unpaired) electrons. The minimum absolute atomic E-state index is 0.0156. The lowest BCUT2D eigenvalue weighted by Gasteiger charge is -2.17. The van der Waals surface area contributed by atoms with Crippen molar-refractivity contribution in [3.63, 3.8) is 0 Å². The first kappa shape index (κ1) is 26.0. The van der Waals surface area contributed by atoms with Gasteiger partial charge in [-0.05, 0) is 66.9 Å². The van der Waals surface area contributed by atoms with E-state index in [4.69, 9.17) is 0 Å². The fourth-order valence-electron chi connectivity index (χ4n) is 4.02. The van der Waals surface area contributed by atoms with Gasteiger partial charge in [0.25, 0.3) is 0 Å². The monoisotopic (exact) mass is 527 g/mol. The first-order valence-electron chi connectivity index (χ1n) is 11.7. The molecule has 3 aromatic rings. The molecule has 36 heavy (non-hydrogen) atoms. The Morgan fingerprint density at radius 3 is 2.03 bits per heavy atom. The third-order valence-corrected chi connectivity index (χ3v) is 9.87. The highest BCUT2D eigenvalue weighted by Gasteiger charge is 2.27. The molecule has 4 rings (SSSR count). The number of hydrogen-bond donors (Lipinski definition) is 1. The molecule has 0 atom stereocenters. The number of Topliss-reactive ketones (excluding diaryl/α,β-unsaturated/α-hetero) is 1. The molecule has 1 N–H and O–H groups in total. The van der Waals surface area contributed by atoms with E-state index in [1.54, 1.807) is 12.1 Å². The predicted molar refractivity (Wildman–Crippen MR) is 139 cm³/mol. The summed E-state index contributed by atoms with van der Waals surface area (Å²) in [6, 6.07) is 21.5. The Kier molecular flexibility index (Phi) is 7.89. The fourth-order valence-corrected chi connectivity index (χ4v) is 6.70. The molecule has 0 saturated carbocycles. The third kappa shape index (κ3) is 5.84. The Balaban J connectivity index is 1.35. The molecule has 1 aliphatic heterocycles. The van der Waals surface area contributed by atoms with Crippen molar-refractivity contribution in [2.75, 3.05) is 32.0 Å². The number of nitrogens with zero attached hydrogens (tertiary/aromatic N) is 2. The molecule has 3 aromatic carbocycles. The SMILES string of the molecule is CN(Cc1ccccc1)S(=O)(=O)c1ccc(NCC(=O)c2ccc(S(=O)(=O)N3CCCC3)cc2)cc1. The molecule has 0 aliphatic carbocycles. The van der Waals surface area contributed by atoms with Crippen molar-refractivity contribution < 1.29 is 21.6 Å². The molecule has 1 heterocycles. The van der Waals surface area contributed by atoms with Crippen molar-refractivity contribution in [1.82, 2.24) is 8.61 Å². The highest BCUT2D eigenvalue weighted by Crippen LogP contribution is 2.22. The molecule has 0 unspecified atom stereocenters. The molecule has 1 aliphatic rings. The van der Waals surface area contributed by atoms with E-state index in [0.717, 1.165) is 18.4 Å². The number of rotatable bonds is 10. The van der Waals surface area contributed by atoms with Crippen LogP contribution in [0.25, 0.3) is 0 Å². The van der Waals surface area contributed by atoms with Gasteiger partial charge in [-0.25, -0.2) is 16.8 Å². The van der Waals surface area contributed by atoms with Crippen molar-refractivity contribution in [2.45, 2.75) is 29.2 Å². The Morgan fingerprint density at radius 1 is 0.833 bits per heavy atom. The number of hydrogen-bond acceptors (Lipinski definition) is 6. The van der Waals surface area contributed by atoms with Gasteiger partial charge in [0.15, 0.2) is 5.78 Å². The van der Waals surface area contributed by atoms with Crippen molar-refractivity contribution in [2.24, 2.45) is 0 Å². The zero-order chi connectivity index (χ0) is 25.8. The van der Waals surface area contributed by atoms with Crippen molar-refractivity contribution >= 4 is 31.5 Å². The number of anilines is 1. The van der Waals surface area contributed by atoms with Crippen molar-refractivity contribution in [3.8, 4) is 0 Å². The average molecular weight is 528 g/mol. The lowest BCUT2D eigenvalue weighted by Crippen LogP contribution is -2.27. The van der Waals surface area contributed by atoms with Crippen LogP contribution < -0.4 is 5.32 Å². The zero-order valence-corrected chi connectivity index (χ0v) is 21.6. The van der Waals surface area contributed by atoms with Crippen LogP contribution in [0.1, 0.15) is 28.8 Å². The van der Waals surface area contributed by atoms with Gasteiger partial charge in [0.2, 0.25) is 20.0 Å².